The second kappa shape index (κ2) is 11.3. The van der Waals surface area contributed by atoms with Crippen LogP contribution in [0.1, 0.15) is 68.2 Å². The molecule has 1 unspecified atom stereocenters. The lowest BCUT2D eigenvalue weighted by Gasteiger charge is -2.14. The topological polar surface area (TPSA) is 80.3 Å². The minimum Gasteiger partial charge on any atom is -0.449 e. The van der Waals surface area contributed by atoms with Gasteiger partial charge in [0.15, 0.2) is 5.13 Å². The summed E-state index contributed by atoms with van der Waals surface area (Å²) in [7, 11) is 0. The third-order valence-corrected chi connectivity index (χ3v) is 7.10. The van der Waals surface area contributed by atoms with Crippen molar-refractivity contribution < 1.29 is 14.3 Å². The van der Waals surface area contributed by atoms with Crippen LogP contribution in [-0.2, 0) is 9.53 Å². The number of thiazole rings is 1. The Morgan fingerprint density at radius 3 is 2.38 bits per heavy atom. The fourth-order valence-electron chi connectivity index (χ4n) is 4.51. The number of aromatic nitrogens is 1. The van der Waals surface area contributed by atoms with E-state index in [0.29, 0.717) is 11.0 Å². The quantitative estimate of drug-likeness (QED) is 0.359. The number of ether oxygens (including phenoxy) is 1. The van der Waals surface area contributed by atoms with Crippen molar-refractivity contribution >= 4 is 28.5 Å². The van der Waals surface area contributed by atoms with Crippen LogP contribution in [0.2, 0.25) is 0 Å². The lowest BCUT2D eigenvalue weighted by molar-refractivity contribution is -0.115. The maximum Gasteiger partial charge on any atom is 0.407 e. The zero-order valence-electron chi connectivity index (χ0n) is 19.7. The van der Waals surface area contributed by atoms with Crippen molar-refractivity contribution in [3.8, 4) is 11.1 Å². The van der Waals surface area contributed by atoms with Gasteiger partial charge in [0.1, 0.15) is 13.2 Å². The third-order valence-electron chi connectivity index (χ3n) is 6.32. The number of rotatable bonds is 10. The van der Waals surface area contributed by atoms with Crippen LogP contribution in [0.15, 0.2) is 53.9 Å². The highest BCUT2D eigenvalue weighted by atomic mass is 32.1. The van der Waals surface area contributed by atoms with E-state index in [4.69, 9.17) is 4.74 Å². The van der Waals surface area contributed by atoms with Gasteiger partial charge in [0.2, 0.25) is 5.91 Å². The Balaban J connectivity index is 1.26. The van der Waals surface area contributed by atoms with E-state index in [1.807, 2.05) is 29.6 Å². The predicted octanol–water partition coefficient (Wildman–Crippen LogP) is 6.30. The molecule has 2 N–H and O–H groups in total. The van der Waals surface area contributed by atoms with Gasteiger partial charge in [-0.1, -0.05) is 75.2 Å². The molecule has 4 rings (SSSR count). The number of anilines is 1. The van der Waals surface area contributed by atoms with Gasteiger partial charge in [-0.15, -0.1) is 11.3 Å². The van der Waals surface area contributed by atoms with Crippen LogP contribution in [-0.4, -0.2) is 30.1 Å². The molecule has 0 aliphatic heterocycles. The molecule has 0 radical (unpaired) electrons. The molecule has 0 saturated carbocycles. The van der Waals surface area contributed by atoms with E-state index in [0.717, 1.165) is 36.1 Å². The van der Waals surface area contributed by atoms with E-state index >= 15 is 0 Å². The van der Waals surface area contributed by atoms with Gasteiger partial charge in [-0.2, -0.15) is 0 Å². The molecule has 0 spiro atoms. The van der Waals surface area contributed by atoms with E-state index in [2.05, 4.69) is 53.7 Å². The average molecular weight is 478 g/mol. The molecular formula is C27H31N3O3S. The van der Waals surface area contributed by atoms with Crippen LogP contribution in [0.3, 0.4) is 0 Å². The molecule has 3 aromatic rings. The smallest absolute Gasteiger partial charge is 0.407 e. The number of unbranched alkanes of at least 4 members (excludes halogenated alkanes) is 1. The largest absolute Gasteiger partial charge is 0.449 e. The third kappa shape index (κ3) is 5.47. The number of fused-ring (bicyclic) bond motifs is 3. The van der Waals surface area contributed by atoms with Gasteiger partial charge in [0.05, 0.1) is 5.69 Å². The number of alkyl carbamates (subject to hydrolysis) is 1. The fourth-order valence-corrected chi connectivity index (χ4v) is 5.32. The number of hydrogen-bond donors (Lipinski definition) is 2. The summed E-state index contributed by atoms with van der Waals surface area (Å²) >= 11 is 1.42. The van der Waals surface area contributed by atoms with Crippen molar-refractivity contribution in [1.29, 1.82) is 0 Å². The highest BCUT2D eigenvalue weighted by molar-refractivity contribution is 7.13. The fraction of sp³-hybridized carbons (Fsp3) is 0.370. The SMILES string of the molecule is CCCCC(CC)c1csc(NC(=O)CNC(=O)OCC2c3ccccc3-c3ccccc32)n1. The van der Waals surface area contributed by atoms with E-state index in [1.165, 1.54) is 28.9 Å². The number of amides is 2. The molecule has 0 fully saturated rings. The van der Waals surface area contributed by atoms with Gasteiger partial charge in [-0.25, -0.2) is 9.78 Å². The molecule has 178 valence electrons. The summed E-state index contributed by atoms with van der Waals surface area (Å²) in [6, 6.07) is 16.4. The molecule has 1 atom stereocenters. The van der Waals surface area contributed by atoms with Crippen LogP contribution in [0.4, 0.5) is 9.93 Å². The van der Waals surface area contributed by atoms with E-state index in [-0.39, 0.29) is 25.0 Å². The lowest BCUT2D eigenvalue weighted by atomic mass is 9.97. The Morgan fingerprint density at radius 1 is 1.06 bits per heavy atom. The van der Waals surface area contributed by atoms with Gasteiger partial charge in [0.25, 0.3) is 0 Å². The number of nitrogens with one attached hydrogen (secondary N) is 2. The highest BCUT2D eigenvalue weighted by Crippen LogP contribution is 2.44. The molecule has 2 amide bonds. The van der Waals surface area contributed by atoms with E-state index in [1.54, 1.807) is 0 Å². The van der Waals surface area contributed by atoms with E-state index < -0.39 is 6.09 Å². The van der Waals surface area contributed by atoms with Crippen molar-refractivity contribution in [3.05, 3.63) is 70.7 Å². The van der Waals surface area contributed by atoms with Crippen molar-refractivity contribution in [2.24, 2.45) is 0 Å². The van der Waals surface area contributed by atoms with Crippen molar-refractivity contribution in [3.63, 3.8) is 0 Å². The summed E-state index contributed by atoms with van der Waals surface area (Å²) in [6.45, 7) is 4.39. The Hall–Kier alpha value is -3.19. The number of benzene rings is 2. The Morgan fingerprint density at radius 2 is 1.74 bits per heavy atom. The summed E-state index contributed by atoms with van der Waals surface area (Å²) in [5.74, 6) is 0.0803. The molecule has 34 heavy (non-hydrogen) atoms. The highest BCUT2D eigenvalue weighted by Gasteiger charge is 2.29. The van der Waals surface area contributed by atoms with Crippen LogP contribution >= 0.6 is 11.3 Å². The van der Waals surface area contributed by atoms with Crippen molar-refractivity contribution in [1.82, 2.24) is 10.3 Å². The van der Waals surface area contributed by atoms with Gasteiger partial charge in [-0.3, -0.25) is 4.79 Å². The summed E-state index contributed by atoms with van der Waals surface area (Å²) in [6.07, 6.45) is 3.85. The summed E-state index contributed by atoms with van der Waals surface area (Å²) in [4.78, 5) is 29.2. The van der Waals surface area contributed by atoms with Gasteiger partial charge >= 0.3 is 6.09 Å². The molecular weight excluding hydrogens is 446 g/mol. The van der Waals surface area contributed by atoms with Crippen molar-refractivity contribution in [2.45, 2.75) is 51.4 Å². The van der Waals surface area contributed by atoms with E-state index in [9.17, 15) is 9.59 Å². The minimum absolute atomic E-state index is 0.0139. The first kappa shape index (κ1) is 24.0. The van der Waals surface area contributed by atoms with Crippen LogP contribution in [0.25, 0.3) is 11.1 Å². The zero-order valence-corrected chi connectivity index (χ0v) is 20.5. The maximum absolute atomic E-state index is 12.3. The minimum atomic E-state index is -0.609. The monoisotopic (exact) mass is 477 g/mol. The van der Waals surface area contributed by atoms with Crippen molar-refractivity contribution in [2.75, 3.05) is 18.5 Å². The molecule has 1 aromatic heterocycles. The van der Waals surface area contributed by atoms with Crippen LogP contribution < -0.4 is 10.6 Å². The van der Waals surface area contributed by atoms with Gasteiger partial charge in [-0.05, 0) is 35.1 Å². The zero-order chi connectivity index (χ0) is 23.9. The summed E-state index contributed by atoms with van der Waals surface area (Å²) in [5, 5.41) is 7.89. The first-order valence-corrected chi connectivity index (χ1v) is 12.8. The molecule has 0 saturated heterocycles. The second-order valence-corrected chi connectivity index (χ2v) is 9.41. The second-order valence-electron chi connectivity index (χ2n) is 8.55. The van der Waals surface area contributed by atoms with Gasteiger partial charge in [0, 0.05) is 17.2 Å². The Labute approximate surface area is 204 Å². The van der Waals surface area contributed by atoms with Crippen LogP contribution in [0, 0.1) is 0 Å². The molecule has 0 bridgehead atoms. The standard InChI is InChI=1S/C27H31N3O3S/c1-3-5-10-18(4-2)24-17-34-26(29-24)30-25(31)15-28-27(32)33-16-23-21-13-8-6-11-19(21)20-12-7-9-14-22(20)23/h6-9,11-14,17-18,23H,3-5,10,15-16H2,1-2H3,(H,28,32)(H,29,30,31). The number of carbonyl (C=O) groups is 2. The maximum atomic E-state index is 12.3. The van der Waals surface area contributed by atoms with Gasteiger partial charge < -0.3 is 15.4 Å². The lowest BCUT2D eigenvalue weighted by Crippen LogP contribution is -2.33. The number of carbonyl (C=O) groups excluding carboxylic acids is 2. The molecule has 1 aliphatic rings. The normalized spacial score (nSPS) is 13.1. The summed E-state index contributed by atoms with van der Waals surface area (Å²) < 4.78 is 5.48. The molecule has 6 nitrogen and oxygen atoms in total. The number of nitrogens with zero attached hydrogens (tertiary/aromatic N) is 1. The molecule has 2 aromatic carbocycles. The average Bonchev–Trinajstić information content (AvgIpc) is 3.44. The van der Waals surface area contributed by atoms with Crippen LogP contribution in [0.5, 0.6) is 0 Å². The molecule has 1 heterocycles. The summed E-state index contributed by atoms with van der Waals surface area (Å²) in [5.41, 5.74) is 5.68. The molecule has 1 aliphatic carbocycles. The molecule has 7 heteroatoms. The Bertz CT molecular complexity index is 1100. The Kier molecular flexibility index (Phi) is 7.95. The predicted molar refractivity (Wildman–Crippen MR) is 136 cm³/mol. The first-order valence-electron chi connectivity index (χ1n) is 11.9. The first-order chi connectivity index (χ1) is 16.6. The number of hydrogen-bond acceptors (Lipinski definition) is 5.